The Kier molecular flexibility index (Phi) is 7.42. The van der Waals surface area contributed by atoms with Crippen LogP contribution in [0.25, 0.3) is 0 Å². The number of alkyl halides is 1. The zero-order chi connectivity index (χ0) is 20.0. The molecule has 0 fully saturated rings. The fraction of sp³-hybridized carbons (Fsp3) is 0.188. The lowest BCUT2D eigenvalue weighted by molar-refractivity contribution is -0.153. The lowest BCUT2D eigenvalue weighted by atomic mass is 10.3. The Hall–Kier alpha value is -1.88. The number of rotatable bonds is 9. The third-order valence-electron chi connectivity index (χ3n) is 3.11. The van der Waals surface area contributed by atoms with E-state index in [1.165, 1.54) is 30.3 Å². The number of carboxylic acid groups (broad SMARTS) is 1. The van der Waals surface area contributed by atoms with Gasteiger partial charge in [-0.05, 0) is 42.5 Å². The molecule has 1 atom stereocenters. The Morgan fingerprint density at radius 2 is 1.93 bits per heavy atom. The zero-order valence-corrected chi connectivity index (χ0v) is 16.0. The van der Waals surface area contributed by atoms with Gasteiger partial charge in [0, 0.05) is 22.2 Å². The predicted molar refractivity (Wildman–Crippen MR) is 96.9 cm³/mol. The molecule has 0 saturated heterocycles. The van der Waals surface area contributed by atoms with Crippen molar-refractivity contribution in [3.8, 4) is 5.75 Å². The van der Waals surface area contributed by atoms with Crippen LogP contribution in [0.5, 0.6) is 5.75 Å². The lowest BCUT2D eigenvalue weighted by Crippen LogP contribution is -2.26. The van der Waals surface area contributed by atoms with Crippen molar-refractivity contribution in [3.05, 3.63) is 53.3 Å². The van der Waals surface area contributed by atoms with E-state index in [1.807, 2.05) is 0 Å². The van der Waals surface area contributed by atoms with E-state index in [-0.39, 0.29) is 11.4 Å². The summed E-state index contributed by atoms with van der Waals surface area (Å²) in [5.41, 5.74) is 0. The lowest BCUT2D eigenvalue weighted by Gasteiger charge is -2.10. The summed E-state index contributed by atoms with van der Waals surface area (Å²) in [5, 5.41) is 8.82. The van der Waals surface area contributed by atoms with Crippen molar-refractivity contribution in [2.45, 2.75) is 16.1 Å². The fourth-order valence-corrected chi connectivity index (χ4v) is 3.95. The summed E-state index contributed by atoms with van der Waals surface area (Å²) in [6.07, 6.45) is -2.67. The minimum Gasteiger partial charge on any atom is -0.476 e. The summed E-state index contributed by atoms with van der Waals surface area (Å²) in [7, 11) is -3.68. The van der Waals surface area contributed by atoms with Crippen molar-refractivity contribution in [2.24, 2.45) is 0 Å². The van der Waals surface area contributed by atoms with Crippen LogP contribution in [0.2, 0.25) is 5.02 Å². The first-order chi connectivity index (χ1) is 12.7. The highest BCUT2D eigenvalue weighted by Gasteiger charge is 2.19. The van der Waals surface area contributed by atoms with Crippen LogP contribution >= 0.6 is 23.4 Å². The molecule has 11 heteroatoms. The normalized spacial score (nSPS) is 12.6. The molecule has 1 unspecified atom stereocenters. The molecule has 0 amide bonds. The summed E-state index contributed by atoms with van der Waals surface area (Å²) < 4.78 is 57.7. The molecule has 2 aromatic rings. The van der Waals surface area contributed by atoms with Crippen LogP contribution in [0.4, 0.5) is 8.78 Å². The Morgan fingerprint density at radius 1 is 1.26 bits per heavy atom. The van der Waals surface area contributed by atoms with Crippen molar-refractivity contribution >= 4 is 39.4 Å². The number of benzene rings is 2. The van der Waals surface area contributed by atoms with Gasteiger partial charge in [0.2, 0.25) is 10.0 Å². The van der Waals surface area contributed by atoms with Crippen molar-refractivity contribution in [2.75, 3.05) is 12.3 Å². The maximum absolute atomic E-state index is 13.8. The smallest absolute Gasteiger partial charge is 0.378 e. The van der Waals surface area contributed by atoms with E-state index < -0.39 is 33.9 Å². The van der Waals surface area contributed by atoms with Gasteiger partial charge in [-0.2, -0.15) is 4.39 Å². The third-order valence-corrected chi connectivity index (χ3v) is 5.84. The van der Waals surface area contributed by atoms with E-state index in [2.05, 4.69) is 9.46 Å². The topological polar surface area (TPSA) is 92.7 Å². The van der Waals surface area contributed by atoms with E-state index in [0.29, 0.717) is 15.7 Å². The minimum absolute atomic E-state index is 0.0728. The van der Waals surface area contributed by atoms with Gasteiger partial charge < -0.3 is 9.84 Å². The van der Waals surface area contributed by atoms with Gasteiger partial charge in [0.1, 0.15) is 0 Å². The van der Waals surface area contributed by atoms with Gasteiger partial charge in [0.25, 0.3) is 0 Å². The van der Waals surface area contributed by atoms with Gasteiger partial charge in [0.05, 0.1) is 4.90 Å². The SMILES string of the molecule is O=C(O)C(F)Oc1ccc(SCCNS(=O)(=O)c2ccc(Cl)cc2)cc1F. The maximum Gasteiger partial charge on any atom is 0.378 e. The van der Waals surface area contributed by atoms with Gasteiger partial charge in [0.15, 0.2) is 11.6 Å². The van der Waals surface area contributed by atoms with Gasteiger partial charge in [-0.15, -0.1) is 11.8 Å². The summed E-state index contributed by atoms with van der Waals surface area (Å²) >= 11 is 6.87. The molecule has 0 aromatic heterocycles. The Morgan fingerprint density at radius 3 is 2.52 bits per heavy atom. The molecule has 0 saturated carbocycles. The van der Waals surface area contributed by atoms with Crippen LogP contribution in [-0.2, 0) is 14.8 Å². The predicted octanol–water partition coefficient (Wildman–Crippen LogP) is 3.31. The molecule has 0 aliphatic rings. The number of hydrogen-bond donors (Lipinski definition) is 2. The quantitative estimate of drug-likeness (QED) is 0.462. The number of aliphatic carboxylic acids is 1. The van der Waals surface area contributed by atoms with Crippen molar-refractivity contribution in [3.63, 3.8) is 0 Å². The van der Waals surface area contributed by atoms with Crippen LogP contribution in [-0.4, -0.2) is 38.1 Å². The molecule has 0 aliphatic carbocycles. The molecule has 2 N–H and O–H groups in total. The monoisotopic (exact) mass is 437 g/mol. The molecule has 0 heterocycles. The average molecular weight is 438 g/mol. The van der Waals surface area contributed by atoms with Gasteiger partial charge in [-0.3, -0.25) is 0 Å². The molecule has 2 aromatic carbocycles. The molecule has 27 heavy (non-hydrogen) atoms. The molecule has 0 aliphatic heterocycles. The summed E-state index contributed by atoms with van der Waals surface area (Å²) in [6.45, 7) is 0.0844. The Bertz CT molecular complexity index is 910. The number of nitrogens with one attached hydrogen (secondary N) is 1. The molecule has 0 bridgehead atoms. The van der Waals surface area contributed by atoms with Crippen LogP contribution in [0.15, 0.2) is 52.3 Å². The molecule has 0 spiro atoms. The van der Waals surface area contributed by atoms with Gasteiger partial charge >= 0.3 is 12.3 Å². The van der Waals surface area contributed by atoms with E-state index in [9.17, 15) is 22.0 Å². The minimum atomic E-state index is -3.68. The molecule has 0 radical (unpaired) electrons. The summed E-state index contributed by atoms with van der Waals surface area (Å²) in [4.78, 5) is 10.9. The Labute approximate surface area is 163 Å². The third kappa shape index (κ3) is 6.35. The molecular weight excluding hydrogens is 424 g/mol. The number of carboxylic acids is 1. The first-order valence-corrected chi connectivity index (χ1v) is 10.2. The van der Waals surface area contributed by atoms with Gasteiger partial charge in [-0.1, -0.05) is 11.6 Å². The average Bonchev–Trinajstić information content (AvgIpc) is 2.61. The molecular formula is C16H14ClF2NO5S2. The molecule has 146 valence electrons. The van der Waals surface area contributed by atoms with E-state index >= 15 is 0 Å². The van der Waals surface area contributed by atoms with E-state index in [4.69, 9.17) is 16.7 Å². The summed E-state index contributed by atoms with van der Waals surface area (Å²) in [6, 6.07) is 9.23. The second kappa shape index (κ2) is 9.36. The van der Waals surface area contributed by atoms with Crippen LogP contribution < -0.4 is 9.46 Å². The molecule has 2 rings (SSSR count). The highest BCUT2D eigenvalue weighted by molar-refractivity contribution is 7.99. The standard InChI is InChI=1S/C16H14ClF2NO5S2/c17-10-1-4-12(5-2-10)27(23,24)20-7-8-26-11-3-6-14(13(18)9-11)25-15(19)16(21)22/h1-6,9,15,20H,7-8H2,(H,21,22). The first kappa shape index (κ1) is 21.4. The fourth-order valence-electron chi connectivity index (χ4n) is 1.87. The highest BCUT2D eigenvalue weighted by atomic mass is 35.5. The van der Waals surface area contributed by atoms with Gasteiger partial charge in [-0.25, -0.2) is 22.3 Å². The number of thioether (sulfide) groups is 1. The molecule has 6 nitrogen and oxygen atoms in total. The van der Waals surface area contributed by atoms with Crippen molar-refractivity contribution in [1.82, 2.24) is 4.72 Å². The first-order valence-electron chi connectivity index (χ1n) is 7.40. The number of hydrogen-bond acceptors (Lipinski definition) is 5. The zero-order valence-electron chi connectivity index (χ0n) is 13.6. The number of carbonyl (C=O) groups is 1. The van der Waals surface area contributed by atoms with E-state index in [1.54, 1.807) is 0 Å². The number of halogens is 3. The van der Waals surface area contributed by atoms with Crippen LogP contribution in [0.1, 0.15) is 0 Å². The summed E-state index contributed by atoms with van der Waals surface area (Å²) in [5.74, 6) is -3.02. The maximum atomic E-state index is 13.8. The number of ether oxygens (including phenoxy) is 1. The second-order valence-corrected chi connectivity index (χ2v) is 8.44. The van der Waals surface area contributed by atoms with Crippen LogP contribution in [0.3, 0.4) is 0 Å². The largest absolute Gasteiger partial charge is 0.476 e. The van der Waals surface area contributed by atoms with Crippen molar-refractivity contribution in [1.29, 1.82) is 0 Å². The van der Waals surface area contributed by atoms with Crippen molar-refractivity contribution < 1.29 is 31.8 Å². The number of sulfonamides is 1. The van der Waals surface area contributed by atoms with Crippen LogP contribution in [0, 0.1) is 5.82 Å². The Balaban J connectivity index is 1.87. The second-order valence-electron chi connectivity index (χ2n) is 5.06. The highest BCUT2D eigenvalue weighted by Crippen LogP contribution is 2.26. The van der Waals surface area contributed by atoms with E-state index in [0.717, 1.165) is 23.9 Å².